The van der Waals surface area contributed by atoms with Crippen LogP contribution < -0.4 is 0 Å². The molecule has 1 heterocycles. The molecule has 1 aromatic heterocycles. The fourth-order valence-electron chi connectivity index (χ4n) is 3.39. The Balaban J connectivity index is 2.23. The van der Waals surface area contributed by atoms with Crippen molar-refractivity contribution in [2.45, 2.75) is 46.1 Å². The second-order valence-electron chi connectivity index (χ2n) is 6.76. The number of hydrogen-bond acceptors (Lipinski definition) is 5. The molecule has 0 spiro atoms. The predicted octanol–water partition coefficient (Wildman–Crippen LogP) is 3.85. The fraction of sp³-hybridized carbons (Fsp3) is 0.429. The number of carbonyl (C=O) groups is 2. The van der Waals surface area contributed by atoms with E-state index < -0.39 is 22.6 Å². The highest BCUT2D eigenvalue weighted by atomic mass is 35.5. The molecule has 0 fully saturated rings. The van der Waals surface area contributed by atoms with Crippen molar-refractivity contribution in [3.8, 4) is 0 Å². The van der Waals surface area contributed by atoms with Gasteiger partial charge in [0.25, 0.3) is 0 Å². The van der Waals surface area contributed by atoms with Gasteiger partial charge in [0.1, 0.15) is 0 Å². The van der Waals surface area contributed by atoms with E-state index in [9.17, 15) is 18.0 Å². The van der Waals surface area contributed by atoms with Gasteiger partial charge in [-0.25, -0.2) is 13.2 Å². The van der Waals surface area contributed by atoms with Crippen molar-refractivity contribution >= 4 is 33.4 Å². The fourth-order valence-corrected chi connectivity index (χ4v) is 5.07. The number of rotatable bonds is 9. The molecule has 0 saturated carbocycles. The SMILES string of the molecule is CCN(CC)S(=O)(=O)c1ccc(Cl)c(C(=O)OCC(=O)c2cc(C)n(CC)c2C)c1. The molecule has 0 atom stereocenters. The highest BCUT2D eigenvalue weighted by molar-refractivity contribution is 7.89. The molecule has 1 aromatic carbocycles. The third-order valence-corrected chi connectivity index (χ3v) is 7.40. The van der Waals surface area contributed by atoms with Crippen molar-refractivity contribution in [1.82, 2.24) is 8.87 Å². The number of Topliss-reactive ketones (excluding diaryl/α,β-unsaturated/α-hetero) is 1. The average molecular weight is 455 g/mol. The molecule has 7 nitrogen and oxygen atoms in total. The summed E-state index contributed by atoms with van der Waals surface area (Å²) in [5.41, 5.74) is 2.14. The maximum atomic E-state index is 12.7. The minimum atomic E-state index is -3.76. The number of ketones is 1. The smallest absolute Gasteiger partial charge is 0.340 e. The summed E-state index contributed by atoms with van der Waals surface area (Å²) in [7, 11) is -3.76. The molecule has 0 aliphatic carbocycles. The lowest BCUT2D eigenvalue weighted by Gasteiger charge is -2.19. The van der Waals surface area contributed by atoms with Crippen LogP contribution in [-0.2, 0) is 21.3 Å². The van der Waals surface area contributed by atoms with E-state index in [2.05, 4.69) is 0 Å². The van der Waals surface area contributed by atoms with Gasteiger partial charge in [-0.05, 0) is 45.0 Å². The zero-order chi connectivity index (χ0) is 22.6. The van der Waals surface area contributed by atoms with Gasteiger partial charge < -0.3 is 9.30 Å². The minimum Gasteiger partial charge on any atom is -0.454 e. The van der Waals surface area contributed by atoms with Crippen LogP contribution in [0.4, 0.5) is 0 Å². The van der Waals surface area contributed by atoms with Crippen LogP contribution in [0.2, 0.25) is 5.02 Å². The van der Waals surface area contributed by atoms with E-state index in [1.165, 1.54) is 22.5 Å². The molecule has 2 rings (SSSR count). The quantitative estimate of drug-likeness (QED) is 0.424. The standard InChI is InChI=1S/C21H27ClN2O5S/c1-6-23(7-2)30(27,28)16-9-10-19(22)18(12-16)21(26)29-13-20(25)17-11-14(4)24(8-3)15(17)5/h9-12H,6-8,13H2,1-5H3. The Morgan fingerprint density at radius 3 is 2.23 bits per heavy atom. The number of benzene rings is 1. The second kappa shape index (κ2) is 9.76. The number of sulfonamides is 1. The molecule has 0 unspecified atom stereocenters. The molecule has 9 heteroatoms. The van der Waals surface area contributed by atoms with Gasteiger partial charge in [-0.1, -0.05) is 25.4 Å². The van der Waals surface area contributed by atoms with Crippen LogP contribution in [0.5, 0.6) is 0 Å². The summed E-state index contributed by atoms with van der Waals surface area (Å²) in [6, 6.07) is 5.63. The Hall–Kier alpha value is -2.16. The van der Waals surface area contributed by atoms with Crippen LogP contribution >= 0.6 is 11.6 Å². The van der Waals surface area contributed by atoms with E-state index in [-0.39, 0.29) is 21.3 Å². The van der Waals surface area contributed by atoms with Gasteiger partial charge in [0.05, 0.1) is 15.5 Å². The predicted molar refractivity (Wildman–Crippen MR) is 116 cm³/mol. The maximum Gasteiger partial charge on any atom is 0.340 e. The molecule has 0 saturated heterocycles. The van der Waals surface area contributed by atoms with Gasteiger partial charge in [0.2, 0.25) is 15.8 Å². The molecule has 0 aliphatic heterocycles. The first kappa shape index (κ1) is 24.1. The van der Waals surface area contributed by atoms with E-state index in [1.54, 1.807) is 19.9 Å². The number of esters is 1. The Bertz CT molecular complexity index is 1060. The maximum absolute atomic E-state index is 12.7. The first-order valence-corrected chi connectivity index (χ1v) is 11.6. The molecule has 0 bridgehead atoms. The Labute approximate surface area is 182 Å². The van der Waals surface area contributed by atoms with Crippen LogP contribution in [0, 0.1) is 13.8 Å². The largest absolute Gasteiger partial charge is 0.454 e. The summed E-state index contributed by atoms with van der Waals surface area (Å²) in [5.74, 6) is -1.19. The monoisotopic (exact) mass is 454 g/mol. The van der Waals surface area contributed by atoms with Crippen LogP contribution in [0.1, 0.15) is 52.9 Å². The van der Waals surface area contributed by atoms with E-state index in [0.29, 0.717) is 18.7 Å². The molecule has 164 valence electrons. The Morgan fingerprint density at radius 2 is 1.70 bits per heavy atom. The third-order valence-electron chi connectivity index (χ3n) is 5.03. The lowest BCUT2D eigenvalue weighted by molar-refractivity contribution is 0.0474. The van der Waals surface area contributed by atoms with E-state index in [1.807, 2.05) is 25.3 Å². The summed E-state index contributed by atoms with van der Waals surface area (Å²) >= 11 is 6.09. The lowest BCUT2D eigenvalue weighted by atomic mass is 10.1. The van der Waals surface area contributed by atoms with E-state index in [4.69, 9.17) is 16.3 Å². The minimum absolute atomic E-state index is 0.0510. The molecule has 30 heavy (non-hydrogen) atoms. The van der Waals surface area contributed by atoms with Crippen LogP contribution in [0.25, 0.3) is 0 Å². The van der Waals surface area contributed by atoms with Crippen LogP contribution in [0.3, 0.4) is 0 Å². The van der Waals surface area contributed by atoms with Crippen molar-refractivity contribution in [1.29, 1.82) is 0 Å². The number of carbonyl (C=O) groups excluding carboxylic acids is 2. The van der Waals surface area contributed by atoms with E-state index in [0.717, 1.165) is 17.9 Å². The van der Waals surface area contributed by atoms with Gasteiger partial charge in [-0.2, -0.15) is 4.31 Å². The molecular weight excluding hydrogens is 428 g/mol. The number of aryl methyl sites for hydroxylation is 1. The van der Waals surface area contributed by atoms with Crippen molar-refractivity contribution in [2.24, 2.45) is 0 Å². The number of halogens is 1. The third kappa shape index (κ3) is 4.77. The highest BCUT2D eigenvalue weighted by Crippen LogP contribution is 2.24. The Morgan fingerprint density at radius 1 is 1.07 bits per heavy atom. The van der Waals surface area contributed by atoms with Crippen molar-refractivity contribution in [3.05, 3.63) is 51.8 Å². The average Bonchev–Trinajstić information content (AvgIpc) is 3.00. The van der Waals surface area contributed by atoms with Crippen molar-refractivity contribution < 1.29 is 22.7 Å². The normalized spacial score (nSPS) is 11.7. The molecule has 0 N–H and O–H groups in total. The zero-order valence-corrected chi connectivity index (χ0v) is 19.4. The second-order valence-corrected chi connectivity index (χ2v) is 9.10. The molecule has 0 radical (unpaired) electrons. The van der Waals surface area contributed by atoms with Crippen LogP contribution in [-0.4, -0.2) is 48.7 Å². The van der Waals surface area contributed by atoms with E-state index >= 15 is 0 Å². The lowest BCUT2D eigenvalue weighted by Crippen LogP contribution is -2.30. The van der Waals surface area contributed by atoms with Gasteiger partial charge in [0, 0.05) is 36.6 Å². The molecule has 0 amide bonds. The zero-order valence-electron chi connectivity index (χ0n) is 17.9. The van der Waals surface area contributed by atoms with Gasteiger partial charge in [-0.3, -0.25) is 4.79 Å². The van der Waals surface area contributed by atoms with Gasteiger partial charge >= 0.3 is 5.97 Å². The summed E-state index contributed by atoms with van der Waals surface area (Å²) in [6.07, 6.45) is 0. The highest BCUT2D eigenvalue weighted by Gasteiger charge is 2.25. The van der Waals surface area contributed by atoms with Crippen molar-refractivity contribution in [2.75, 3.05) is 19.7 Å². The number of hydrogen-bond donors (Lipinski definition) is 0. The van der Waals surface area contributed by atoms with Gasteiger partial charge in [-0.15, -0.1) is 0 Å². The molecule has 0 aliphatic rings. The molecule has 2 aromatic rings. The topological polar surface area (TPSA) is 85.7 Å². The molecular formula is C21H27ClN2O5S. The summed E-state index contributed by atoms with van der Waals surface area (Å²) in [6.45, 7) is 10.0. The number of nitrogens with zero attached hydrogens (tertiary/aromatic N) is 2. The number of ether oxygens (including phenoxy) is 1. The first-order chi connectivity index (χ1) is 14.1. The van der Waals surface area contributed by atoms with Gasteiger partial charge in [0.15, 0.2) is 6.61 Å². The Kier molecular flexibility index (Phi) is 7.85. The first-order valence-electron chi connectivity index (χ1n) is 9.75. The summed E-state index contributed by atoms with van der Waals surface area (Å²) in [5, 5.41) is 0.0510. The van der Waals surface area contributed by atoms with Crippen LogP contribution in [0.15, 0.2) is 29.2 Å². The number of aromatic nitrogens is 1. The van der Waals surface area contributed by atoms with Crippen molar-refractivity contribution in [3.63, 3.8) is 0 Å². The summed E-state index contributed by atoms with van der Waals surface area (Å²) < 4.78 is 33.8. The summed E-state index contributed by atoms with van der Waals surface area (Å²) in [4.78, 5) is 25.0.